The van der Waals surface area contributed by atoms with Crippen LogP contribution in [-0.4, -0.2) is 26.1 Å². The predicted molar refractivity (Wildman–Crippen MR) is 67.5 cm³/mol. The largest absolute Gasteiger partial charge is 0.495 e. The molecule has 1 aliphatic heterocycles. The first kappa shape index (κ1) is 11.9. The van der Waals surface area contributed by atoms with Crippen molar-refractivity contribution in [3.63, 3.8) is 0 Å². The van der Waals surface area contributed by atoms with E-state index in [0.29, 0.717) is 11.7 Å². The van der Waals surface area contributed by atoms with Crippen LogP contribution in [0.25, 0.3) is 0 Å². The molecule has 0 radical (unpaired) electrons. The topological polar surface area (TPSA) is 50.4 Å². The number of anilines is 1. The fourth-order valence-electron chi connectivity index (χ4n) is 2.21. The minimum Gasteiger partial charge on any atom is -0.495 e. The molecule has 1 unspecified atom stereocenters. The van der Waals surface area contributed by atoms with Gasteiger partial charge in [0.05, 0.1) is 12.8 Å². The van der Waals surface area contributed by atoms with Gasteiger partial charge in [-0.2, -0.15) is 0 Å². The zero-order chi connectivity index (χ0) is 12.3. The lowest BCUT2D eigenvalue weighted by Gasteiger charge is -2.14. The summed E-state index contributed by atoms with van der Waals surface area (Å²) in [4.78, 5) is 11.1. The third-order valence-electron chi connectivity index (χ3n) is 3.07. The molecule has 0 spiro atoms. The van der Waals surface area contributed by atoms with E-state index in [2.05, 4.69) is 16.7 Å². The minimum atomic E-state index is -0.0787. The van der Waals surface area contributed by atoms with E-state index < -0.39 is 0 Å². The van der Waals surface area contributed by atoms with E-state index in [0.717, 1.165) is 25.2 Å². The van der Waals surface area contributed by atoms with Gasteiger partial charge in [0, 0.05) is 13.5 Å². The highest BCUT2D eigenvalue weighted by Crippen LogP contribution is 2.31. The molecule has 17 heavy (non-hydrogen) atoms. The fraction of sp³-hybridized carbons (Fsp3) is 0.462. The second kappa shape index (κ2) is 5.19. The Morgan fingerprint density at radius 1 is 1.53 bits per heavy atom. The number of methoxy groups -OCH3 is 1. The van der Waals surface area contributed by atoms with Gasteiger partial charge < -0.3 is 15.4 Å². The van der Waals surface area contributed by atoms with Gasteiger partial charge >= 0.3 is 0 Å². The van der Waals surface area contributed by atoms with Crippen LogP contribution in [0.3, 0.4) is 0 Å². The van der Waals surface area contributed by atoms with E-state index in [-0.39, 0.29) is 5.91 Å². The van der Waals surface area contributed by atoms with Gasteiger partial charge in [0.2, 0.25) is 5.91 Å². The van der Waals surface area contributed by atoms with Crippen molar-refractivity contribution in [2.45, 2.75) is 19.3 Å². The van der Waals surface area contributed by atoms with Crippen molar-refractivity contribution in [3.05, 3.63) is 23.8 Å². The zero-order valence-corrected chi connectivity index (χ0v) is 10.2. The smallest absolute Gasteiger partial charge is 0.221 e. The summed E-state index contributed by atoms with van der Waals surface area (Å²) in [5.74, 6) is 1.16. The van der Waals surface area contributed by atoms with Crippen LogP contribution in [0, 0.1) is 0 Å². The number of benzene rings is 1. The molecule has 1 aromatic rings. The van der Waals surface area contributed by atoms with E-state index in [1.165, 1.54) is 12.5 Å². The van der Waals surface area contributed by atoms with Crippen molar-refractivity contribution in [1.29, 1.82) is 0 Å². The van der Waals surface area contributed by atoms with Crippen LogP contribution in [0.15, 0.2) is 18.2 Å². The highest BCUT2D eigenvalue weighted by atomic mass is 16.5. The van der Waals surface area contributed by atoms with Gasteiger partial charge in [-0.05, 0) is 36.6 Å². The van der Waals surface area contributed by atoms with Crippen LogP contribution in [0.5, 0.6) is 5.75 Å². The Balaban J connectivity index is 2.26. The first-order chi connectivity index (χ1) is 8.20. The van der Waals surface area contributed by atoms with Gasteiger partial charge in [0.25, 0.3) is 0 Å². The summed E-state index contributed by atoms with van der Waals surface area (Å²) in [5, 5.41) is 6.14. The Morgan fingerprint density at radius 2 is 2.35 bits per heavy atom. The third-order valence-corrected chi connectivity index (χ3v) is 3.07. The summed E-state index contributed by atoms with van der Waals surface area (Å²) >= 11 is 0. The van der Waals surface area contributed by atoms with Gasteiger partial charge in [-0.3, -0.25) is 4.79 Å². The van der Waals surface area contributed by atoms with E-state index in [1.54, 1.807) is 7.11 Å². The Kier molecular flexibility index (Phi) is 3.64. The van der Waals surface area contributed by atoms with Crippen molar-refractivity contribution >= 4 is 11.6 Å². The average Bonchev–Trinajstić information content (AvgIpc) is 2.81. The lowest BCUT2D eigenvalue weighted by Crippen LogP contribution is -2.10. The molecule has 0 saturated carbocycles. The summed E-state index contributed by atoms with van der Waals surface area (Å²) in [7, 11) is 1.61. The molecule has 4 heteroatoms. The summed E-state index contributed by atoms with van der Waals surface area (Å²) in [6.45, 7) is 3.57. The van der Waals surface area contributed by atoms with Crippen LogP contribution in [0.2, 0.25) is 0 Å². The molecular weight excluding hydrogens is 216 g/mol. The van der Waals surface area contributed by atoms with Crippen LogP contribution in [0.1, 0.15) is 24.8 Å². The number of rotatable bonds is 3. The fourth-order valence-corrected chi connectivity index (χ4v) is 2.21. The summed E-state index contributed by atoms with van der Waals surface area (Å²) < 4.78 is 5.23. The maximum atomic E-state index is 11.1. The molecule has 1 saturated heterocycles. The molecule has 0 aliphatic carbocycles. The summed E-state index contributed by atoms with van der Waals surface area (Å²) in [6, 6.07) is 6.00. The standard InChI is InChI=1S/C13H18N2O2/c1-9(16)15-12-7-10(3-4-13(12)17-2)11-5-6-14-8-11/h3-4,7,11,14H,5-6,8H2,1-2H3,(H,15,16). The molecule has 0 bridgehead atoms. The molecular formula is C13H18N2O2. The lowest BCUT2D eigenvalue weighted by molar-refractivity contribution is -0.114. The number of carbonyl (C=O) groups is 1. The zero-order valence-electron chi connectivity index (χ0n) is 10.2. The van der Waals surface area contributed by atoms with Crippen LogP contribution >= 0.6 is 0 Å². The van der Waals surface area contributed by atoms with Gasteiger partial charge in [0.15, 0.2) is 0 Å². The average molecular weight is 234 g/mol. The highest BCUT2D eigenvalue weighted by Gasteiger charge is 2.18. The summed E-state index contributed by atoms with van der Waals surface area (Å²) in [6.07, 6.45) is 1.14. The second-order valence-corrected chi connectivity index (χ2v) is 4.33. The Hall–Kier alpha value is -1.55. The highest BCUT2D eigenvalue weighted by molar-refractivity contribution is 5.90. The van der Waals surface area contributed by atoms with Gasteiger partial charge in [-0.15, -0.1) is 0 Å². The molecule has 1 amide bonds. The van der Waals surface area contributed by atoms with E-state index >= 15 is 0 Å². The van der Waals surface area contributed by atoms with Crippen LogP contribution in [-0.2, 0) is 4.79 Å². The first-order valence-corrected chi connectivity index (χ1v) is 5.87. The van der Waals surface area contributed by atoms with Gasteiger partial charge in [-0.1, -0.05) is 6.07 Å². The maximum absolute atomic E-state index is 11.1. The Labute approximate surface area is 101 Å². The molecule has 1 atom stereocenters. The van der Waals surface area contributed by atoms with E-state index in [4.69, 9.17) is 4.74 Å². The number of hydrogen-bond donors (Lipinski definition) is 2. The number of nitrogens with one attached hydrogen (secondary N) is 2. The van der Waals surface area contributed by atoms with Crippen LogP contribution in [0.4, 0.5) is 5.69 Å². The Morgan fingerprint density at radius 3 is 2.94 bits per heavy atom. The molecule has 1 fully saturated rings. The summed E-state index contributed by atoms with van der Waals surface area (Å²) in [5.41, 5.74) is 2.00. The second-order valence-electron chi connectivity index (χ2n) is 4.33. The number of hydrogen-bond acceptors (Lipinski definition) is 3. The monoisotopic (exact) mass is 234 g/mol. The quantitative estimate of drug-likeness (QED) is 0.837. The number of ether oxygens (including phenoxy) is 1. The molecule has 1 aromatic carbocycles. The SMILES string of the molecule is COc1ccc(C2CCNC2)cc1NC(C)=O. The number of carbonyl (C=O) groups excluding carboxylic acids is 1. The van der Waals surface area contributed by atoms with Crippen molar-refractivity contribution < 1.29 is 9.53 Å². The van der Waals surface area contributed by atoms with Crippen molar-refractivity contribution in [2.24, 2.45) is 0 Å². The van der Waals surface area contributed by atoms with Crippen molar-refractivity contribution in [1.82, 2.24) is 5.32 Å². The molecule has 1 aliphatic rings. The van der Waals surface area contributed by atoms with Crippen molar-refractivity contribution in [2.75, 3.05) is 25.5 Å². The first-order valence-electron chi connectivity index (χ1n) is 5.87. The molecule has 1 heterocycles. The lowest BCUT2D eigenvalue weighted by atomic mass is 9.97. The molecule has 0 aromatic heterocycles. The minimum absolute atomic E-state index is 0.0787. The predicted octanol–water partition coefficient (Wildman–Crippen LogP) is 1.73. The van der Waals surface area contributed by atoms with Gasteiger partial charge in [-0.25, -0.2) is 0 Å². The molecule has 2 rings (SSSR count). The normalized spacial score (nSPS) is 19.1. The van der Waals surface area contributed by atoms with Crippen LogP contribution < -0.4 is 15.4 Å². The molecule has 92 valence electrons. The van der Waals surface area contributed by atoms with E-state index in [1.807, 2.05) is 12.1 Å². The maximum Gasteiger partial charge on any atom is 0.221 e. The van der Waals surface area contributed by atoms with Crippen molar-refractivity contribution in [3.8, 4) is 5.75 Å². The molecule has 4 nitrogen and oxygen atoms in total. The molecule has 2 N–H and O–H groups in total. The number of amides is 1. The third kappa shape index (κ3) is 2.77. The van der Waals surface area contributed by atoms with E-state index in [9.17, 15) is 4.79 Å². The Bertz CT molecular complexity index is 412. The van der Waals surface area contributed by atoms with Gasteiger partial charge in [0.1, 0.15) is 5.75 Å².